The predicted octanol–water partition coefficient (Wildman–Crippen LogP) is 4.65. The van der Waals surface area contributed by atoms with E-state index in [1.54, 1.807) is 49.3 Å². The Morgan fingerprint density at radius 2 is 1.89 bits per heavy atom. The average molecular weight is 518 g/mol. The predicted molar refractivity (Wildman–Crippen MR) is 136 cm³/mol. The third-order valence-corrected chi connectivity index (χ3v) is 6.82. The Kier molecular flexibility index (Phi) is 5.68. The second kappa shape index (κ2) is 8.95. The summed E-state index contributed by atoms with van der Waals surface area (Å²) in [5, 5.41) is 18.4. The van der Waals surface area contributed by atoms with Gasteiger partial charge in [-0.25, -0.2) is 15.0 Å². The molecule has 0 radical (unpaired) electrons. The molecule has 0 fully saturated rings. The lowest BCUT2D eigenvalue weighted by molar-refractivity contribution is -0.0506. The summed E-state index contributed by atoms with van der Waals surface area (Å²) in [4.78, 5) is 13.5. The lowest BCUT2D eigenvalue weighted by atomic mass is 9.96. The zero-order valence-corrected chi connectivity index (χ0v) is 21.0. The molecule has 1 atom stereocenters. The normalized spacial score (nSPS) is 15.4. The third-order valence-electron chi connectivity index (χ3n) is 6.82. The summed E-state index contributed by atoms with van der Waals surface area (Å²) in [6.45, 7) is 0.297. The number of imidazole rings is 1. The molecule has 1 aliphatic rings. The van der Waals surface area contributed by atoms with E-state index in [1.165, 1.54) is 0 Å². The topological polar surface area (TPSA) is 104 Å². The molecule has 0 aliphatic carbocycles. The number of nitrogens with zero attached hydrogens (tertiary/aromatic N) is 7. The Bertz CT molecular complexity index is 1640. The van der Waals surface area contributed by atoms with Crippen molar-refractivity contribution in [2.45, 2.75) is 44.9 Å². The number of ether oxygens (including phenoxy) is 1. The molecular weight excluding hydrogens is 492 g/mol. The number of rotatable bonds is 6. The van der Waals surface area contributed by atoms with Crippen LogP contribution < -0.4 is 4.74 Å². The van der Waals surface area contributed by atoms with Gasteiger partial charge in [0.15, 0.2) is 11.6 Å². The molecule has 194 valence electrons. The Balaban J connectivity index is 1.50. The van der Waals surface area contributed by atoms with Crippen LogP contribution in [-0.2, 0) is 19.1 Å². The van der Waals surface area contributed by atoms with Crippen molar-refractivity contribution < 1.29 is 18.6 Å². The van der Waals surface area contributed by atoms with Gasteiger partial charge in [-0.05, 0) is 44.0 Å². The lowest BCUT2D eigenvalue weighted by Crippen LogP contribution is -2.19. The van der Waals surface area contributed by atoms with E-state index in [-0.39, 0.29) is 11.8 Å². The maximum atomic E-state index is 13.5. The second-order valence-corrected chi connectivity index (χ2v) is 9.87. The number of benzene rings is 2. The van der Waals surface area contributed by atoms with E-state index in [9.17, 15) is 13.9 Å². The van der Waals surface area contributed by atoms with Gasteiger partial charge in [0.25, 0.3) is 0 Å². The molecule has 2 aromatic carbocycles. The molecule has 9 nitrogen and oxygen atoms in total. The minimum Gasteiger partial charge on any atom is -0.434 e. The molecule has 0 amide bonds. The van der Waals surface area contributed by atoms with Crippen molar-refractivity contribution >= 4 is 11.0 Å². The summed E-state index contributed by atoms with van der Waals surface area (Å²) in [7, 11) is 1.81. The number of halogens is 2. The fraction of sp³-hybridized carbons (Fsp3) is 0.296. The second-order valence-electron chi connectivity index (χ2n) is 9.87. The number of aryl methyl sites for hydroxylation is 2. The first-order valence-electron chi connectivity index (χ1n) is 12.2. The Morgan fingerprint density at radius 3 is 2.58 bits per heavy atom. The van der Waals surface area contributed by atoms with Gasteiger partial charge in [-0.15, -0.1) is 10.2 Å². The monoisotopic (exact) mass is 517 g/mol. The van der Waals surface area contributed by atoms with Crippen LogP contribution in [0.25, 0.3) is 33.5 Å². The van der Waals surface area contributed by atoms with Gasteiger partial charge in [0.05, 0.1) is 17.1 Å². The zero-order valence-electron chi connectivity index (χ0n) is 21.0. The van der Waals surface area contributed by atoms with Gasteiger partial charge in [0.2, 0.25) is 0 Å². The highest BCUT2D eigenvalue weighted by Gasteiger charge is 2.33. The van der Waals surface area contributed by atoms with Crippen molar-refractivity contribution in [1.29, 1.82) is 0 Å². The third kappa shape index (κ3) is 4.08. The summed E-state index contributed by atoms with van der Waals surface area (Å²) < 4.78 is 35.8. The van der Waals surface area contributed by atoms with Gasteiger partial charge in [-0.2, -0.15) is 8.78 Å². The number of aliphatic hydroxyl groups is 1. The largest absolute Gasteiger partial charge is 0.434 e. The van der Waals surface area contributed by atoms with Gasteiger partial charge in [-0.3, -0.25) is 0 Å². The molecule has 0 saturated carbocycles. The number of alkyl halides is 2. The van der Waals surface area contributed by atoms with Crippen LogP contribution in [0.3, 0.4) is 0 Å². The minimum atomic E-state index is -2.97. The molecule has 4 heterocycles. The molecule has 0 bridgehead atoms. The fourth-order valence-electron chi connectivity index (χ4n) is 5.12. The average Bonchev–Trinajstić information content (AvgIpc) is 3.58. The maximum Gasteiger partial charge on any atom is 0.387 e. The van der Waals surface area contributed by atoms with Crippen molar-refractivity contribution in [3.8, 4) is 28.3 Å². The van der Waals surface area contributed by atoms with E-state index in [0.29, 0.717) is 35.6 Å². The first-order chi connectivity index (χ1) is 18.2. The van der Waals surface area contributed by atoms with Gasteiger partial charge in [0.1, 0.15) is 23.5 Å². The smallest absolute Gasteiger partial charge is 0.387 e. The van der Waals surface area contributed by atoms with Crippen LogP contribution in [-0.4, -0.2) is 46.0 Å². The Labute approximate surface area is 216 Å². The van der Waals surface area contributed by atoms with Crippen LogP contribution in [0.5, 0.6) is 5.75 Å². The van der Waals surface area contributed by atoms with Crippen molar-refractivity contribution in [3.05, 3.63) is 72.3 Å². The van der Waals surface area contributed by atoms with E-state index >= 15 is 0 Å². The van der Waals surface area contributed by atoms with Crippen LogP contribution in [0.2, 0.25) is 0 Å². The summed E-state index contributed by atoms with van der Waals surface area (Å²) in [6, 6.07) is 10.7. The van der Waals surface area contributed by atoms with E-state index in [4.69, 9.17) is 9.72 Å². The van der Waals surface area contributed by atoms with Gasteiger partial charge < -0.3 is 19.0 Å². The molecule has 5 aromatic rings. The van der Waals surface area contributed by atoms with E-state index in [1.807, 2.05) is 31.3 Å². The SMILES string of the molecule is Cn1cnnc1-c1cccc(OC(F)F)c1[C@H]1CCc2nc3ccc(-c4cnc(C(C)(C)O)nc4)cc3n21. The Hall–Kier alpha value is -4.25. The molecule has 1 aliphatic heterocycles. The quantitative estimate of drug-likeness (QED) is 0.350. The molecule has 11 heteroatoms. The van der Waals surface area contributed by atoms with Gasteiger partial charge >= 0.3 is 6.61 Å². The number of hydrogen-bond acceptors (Lipinski definition) is 7. The highest BCUT2D eigenvalue weighted by Crippen LogP contribution is 2.44. The van der Waals surface area contributed by atoms with Crippen molar-refractivity contribution in [2.24, 2.45) is 7.05 Å². The van der Waals surface area contributed by atoms with Crippen LogP contribution in [0.4, 0.5) is 8.78 Å². The van der Waals surface area contributed by atoms with E-state index in [2.05, 4.69) is 24.7 Å². The molecule has 1 N–H and O–H groups in total. The lowest BCUT2D eigenvalue weighted by Gasteiger charge is -2.22. The van der Waals surface area contributed by atoms with E-state index < -0.39 is 12.2 Å². The molecular formula is C27H25F2N7O2. The van der Waals surface area contributed by atoms with Gasteiger partial charge in [0, 0.05) is 42.6 Å². The first kappa shape index (κ1) is 24.1. The maximum absolute atomic E-state index is 13.5. The van der Waals surface area contributed by atoms with Crippen LogP contribution in [0.1, 0.15) is 43.5 Å². The van der Waals surface area contributed by atoms with Crippen molar-refractivity contribution in [3.63, 3.8) is 0 Å². The highest BCUT2D eigenvalue weighted by molar-refractivity contribution is 5.83. The Morgan fingerprint density at radius 1 is 1.11 bits per heavy atom. The van der Waals surface area contributed by atoms with Crippen LogP contribution in [0.15, 0.2) is 55.1 Å². The molecule has 38 heavy (non-hydrogen) atoms. The van der Waals surface area contributed by atoms with Crippen molar-refractivity contribution in [2.75, 3.05) is 0 Å². The first-order valence-corrected chi connectivity index (χ1v) is 12.2. The summed E-state index contributed by atoms with van der Waals surface area (Å²) >= 11 is 0. The molecule has 6 rings (SSSR count). The van der Waals surface area contributed by atoms with Crippen molar-refractivity contribution in [1.82, 2.24) is 34.3 Å². The summed E-state index contributed by atoms with van der Waals surface area (Å²) in [5.41, 5.74) is 3.47. The van der Waals surface area contributed by atoms with Crippen LogP contribution >= 0.6 is 0 Å². The molecule has 0 spiro atoms. The van der Waals surface area contributed by atoms with Gasteiger partial charge in [-0.1, -0.05) is 18.2 Å². The summed E-state index contributed by atoms with van der Waals surface area (Å²) in [6.07, 6.45) is 6.28. The molecule has 3 aromatic heterocycles. The highest BCUT2D eigenvalue weighted by atomic mass is 19.3. The fourth-order valence-corrected chi connectivity index (χ4v) is 5.12. The van der Waals surface area contributed by atoms with E-state index in [0.717, 1.165) is 28.0 Å². The summed E-state index contributed by atoms with van der Waals surface area (Å²) in [5.74, 6) is 1.86. The molecule has 0 saturated heterocycles. The van der Waals surface area contributed by atoms with Crippen LogP contribution in [0, 0.1) is 0 Å². The minimum absolute atomic E-state index is 0.104. The zero-order chi connectivity index (χ0) is 26.6. The molecule has 0 unspecified atom stereocenters. The number of aromatic nitrogens is 7. The number of hydrogen-bond donors (Lipinski definition) is 1. The number of fused-ring (bicyclic) bond motifs is 3. The standard InChI is InChI=1S/C27H25F2N7O2/c1-27(2,37)25-30-12-16(13-31-25)15-7-8-18-20(11-15)36-19(9-10-22(36)33-18)23-17(24-34-32-14-35(24)3)5-4-6-21(23)38-26(28)29/h4-8,11-14,19,26,37H,9-10H2,1-3H3/t19-/m1/s1.